The Balaban J connectivity index is 1.88. The molecule has 4 atom stereocenters. The number of ether oxygens (including phenoxy) is 1. The fourth-order valence-corrected chi connectivity index (χ4v) is 5.93. The molecule has 3 aliphatic rings. The summed E-state index contributed by atoms with van der Waals surface area (Å²) in [4.78, 5) is 21.9. The van der Waals surface area contributed by atoms with Crippen LogP contribution in [0.3, 0.4) is 0 Å². The maximum atomic E-state index is 11.2. The summed E-state index contributed by atoms with van der Waals surface area (Å²) in [5.74, 6) is 1.19. The van der Waals surface area contributed by atoms with E-state index in [2.05, 4.69) is 20.8 Å². The van der Waals surface area contributed by atoms with Crippen LogP contribution in [0.15, 0.2) is 11.6 Å². The van der Waals surface area contributed by atoms with E-state index in [9.17, 15) is 9.59 Å². The summed E-state index contributed by atoms with van der Waals surface area (Å²) in [6.45, 7) is 8.19. The molecular formula is C20H30O3. The Labute approximate surface area is 139 Å². The Hall–Kier alpha value is -0.960. The molecule has 2 aliphatic carbocycles. The number of allylic oxidation sites excluding steroid dienone is 2. The minimum absolute atomic E-state index is 0.0460. The highest BCUT2D eigenvalue weighted by Crippen LogP contribution is 2.66. The van der Waals surface area contributed by atoms with Crippen LogP contribution in [0.2, 0.25) is 0 Å². The van der Waals surface area contributed by atoms with Crippen molar-refractivity contribution in [2.75, 3.05) is 6.61 Å². The first kappa shape index (κ1) is 16.9. The number of carbonyl (C=O) groups is 2. The Morgan fingerprint density at radius 1 is 1.17 bits per heavy atom. The molecule has 128 valence electrons. The van der Waals surface area contributed by atoms with E-state index in [0.717, 1.165) is 37.9 Å². The van der Waals surface area contributed by atoms with Crippen LogP contribution in [0, 0.1) is 22.7 Å². The van der Waals surface area contributed by atoms with Crippen molar-refractivity contribution in [1.29, 1.82) is 0 Å². The topological polar surface area (TPSA) is 46.7 Å². The van der Waals surface area contributed by atoms with Gasteiger partial charge in [0.1, 0.15) is 12.6 Å². The van der Waals surface area contributed by atoms with Gasteiger partial charge in [-0.15, -0.1) is 0 Å². The third-order valence-electron chi connectivity index (χ3n) is 7.16. The lowest BCUT2D eigenvalue weighted by Crippen LogP contribution is -2.54. The molecule has 3 heteroatoms. The fourth-order valence-electron chi connectivity index (χ4n) is 5.93. The van der Waals surface area contributed by atoms with E-state index in [4.69, 9.17) is 4.74 Å². The first-order valence-electron chi connectivity index (χ1n) is 9.10. The Kier molecular flexibility index (Phi) is 4.29. The van der Waals surface area contributed by atoms with E-state index in [-0.39, 0.29) is 17.4 Å². The van der Waals surface area contributed by atoms with Gasteiger partial charge in [0.25, 0.3) is 0 Å². The van der Waals surface area contributed by atoms with Crippen molar-refractivity contribution in [3.63, 3.8) is 0 Å². The molecule has 0 bridgehead atoms. The molecule has 23 heavy (non-hydrogen) atoms. The van der Waals surface area contributed by atoms with Gasteiger partial charge in [0.2, 0.25) is 0 Å². The molecule has 0 N–H and O–H groups in total. The van der Waals surface area contributed by atoms with Crippen molar-refractivity contribution in [2.45, 2.75) is 71.3 Å². The first-order valence-corrected chi connectivity index (χ1v) is 9.10. The van der Waals surface area contributed by atoms with Gasteiger partial charge in [-0.25, -0.2) is 0 Å². The molecule has 1 saturated heterocycles. The third-order valence-corrected chi connectivity index (χ3v) is 7.16. The molecule has 0 aromatic heterocycles. The Bertz CT molecular complexity index is 515. The minimum atomic E-state index is 0.0460. The SMILES string of the molecule is CC1(C)CCC[C@@]2(C)[C@H]1CC[C@@]1(CO1)[C@@H]2CC=C(C=O)CC=O. The maximum Gasteiger partial charge on any atom is 0.146 e. The maximum absolute atomic E-state index is 11.2. The normalized spacial score (nSPS) is 42.1. The average Bonchev–Trinajstić information content (AvgIpc) is 3.24. The molecule has 0 amide bonds. The second-order valence-electron chi connectivity index (χ2n) is 8.85. The van der Waals surface area contributed by atoms with Gasteiger partial charge in [-0.2, -0.15) is 0 Å². The van der Waals surface area contributed by atoms with Crippen molar-refractivity contribution in [2.24, 2.45) is 22.7 Å². The summed E-state index contributed by atoms with van der Waals surface area (Å²) in [6.07, 6.45) is 11.0. The van der Waals surface area contributed by atoms with Crippen LogP contribution >= 0.6 is 0 Å². The van der Waals surface area contributed by atoms with Crippen molar-refractivity contribution in [3.05, 3.63) is 11.6 Å². The largest absolute Gasteiger partial charge is 0.369 e. The summed E-state index contributed by atoms with van der Waals surface area (Å²) < 4.78 is 5.97. The molecule has 3 nitrogen and oxygen atoms in total. The lowest BCUT2D eigenvalue weighted by Gasteiger charge is -2.59. The second kappa shape index (κ2) is 5.84. The first-order chi connectivity index (χ1) is 10.9. The van der Waals surface area contributed by atoms with E-state index in [1.165, 1.54) is 25.7 Å². The molecule has 1 spiro atoms. The monoisotopic (exact) mass is 318 g/mol. The number of hydrogen-bond donors (Lipinski definition) is 0. The number of fused-ring (bicyclic) bond motifs is 1. The zero-order valence-corrected chi connectivity index (χ0v) is 14.8. The summed E-state index contributed by atoms with van der Waals surface area (Å²) in [6, 6.07) is 0. The molecule has 0 radical (unpaired) electrons. The second-order valence-corrected chi connectivity index (χ2v) is 8.85. The predicted octanol–water partition coefficient (Wildman–Crippen LogP) is 4.10. The van der Waals surface area contributed by atoms with Gasteiger partial charge >= 0.3 is 0 Å². The van der Waals surface area contributed by atoms with E-state index < -0.39 is 0 Å². The van der Waals surface area contributed by atoms with Crippen molar-refractivity contribution in [1.82, 2.24) is 0 Å². The van der Waals surface area contributed by atoms with Gasteiger partial charge in [0.05, 0.1) is 12.2 Å². The summed E-state index contributed by atoms with van der Waals surface area (Å²) in [5.41, 5.74) is 1.34. The number of aldehydes is 2. The van der Waals surface area contributed by atoms with Crippen LogP contribution in [0.5, 0.6) is 0 Å². The fraction of sp³-hybridized carbons (Fsp3) is 0.800. The Morgan fingerprint density at radius 3 is 2.52 bits per heavy atom. The third kappa shape index (κ3) is 2.82. The molecule has 3 rings (SSSR count). The standard InChI is InChI=1S/C20H30O3/c1-18(2)9-4-10-19(3)16(18)7-11-20(14-23-20)17(19)6-5-15(13-22)8-12-21/h5,12-13,16-17H,4,6-11,14H2,1-3H3/t16-,17+,19-,20+/m0/s1. The van der Waals surface area contributed by atoms with E-state index >= 15 is 0 Å². The molecule has 0 unspecified atom stereocenters. The number of carbonyl (C=O) groups excluding carboxylic acids is 2. The highest BCUT2D eigenvalue weighted by Gasteiger charge is 2.64. The number of epoxide rings is 1. The van der Waals surface area contributed by atoms with Gasteiger partial charge in [0, 0.05) is 6.42 Å². The Morgan fingerprint density at radius 2 is 1.91 bits per heavy atom. The quantitative estimate of drug-likeness (QED) is 0.435. The van der Waals surface area contributed by atoms with E-state index in [1.54, 1.807) is 0 Å². The average molecular weight is 318 g/mol. The van der Waals surface area contributed by atoms with Gasteiger partial charge < -0.3 is 9.53 Å². The zero-order valence-electron chi connectivity index (χ0n) is 14.8. The summed E-state index contributed by atoms with van der Waals surface area (Å²) >= 11 is 0. The molecule has 0 aromatic rings. The van der Waals surface area contributed by atoms with Gasteiger partial charge in [-0.05, 0) is 60.3 Å². The highest BCUT2D eigenvalue weighted by molar-refractivity contribution is 5.78. The van der Waals surface area contributed by atoms with Gasteiger partial charge in [-0.3, -0.25) is 4.79 Å². The van der Waals surface area contributed by atoms with Crippen LogP contribution in [0.25, 0.3) is 0 Å². The lowest BCUT2D eigenvalue weighted by atomic mass is 9.46. The molecule has 1 heterocycles. The summed E-state index contributed by atoms with van der Waals surface area (Å²) in [5, 5.41) is 0. The smallest absolute Gasteiger partial charge is 0.146 e. The van der Waals surface area contributed by atoms with E-state index in [1.807, 2.05) is 6.08 Å². The van der Waals surface area contributed by atoms with Crippen LogP contribution in [0.1, 0.15) is 65.7 Å². The van der Waals surface area contributed by atoms with Crippen molar-refractivity contribution in [3.8, 4) is 0 Å². The van der Waals surface area contributed by atoms with Crippen LogP contribution < -0.4 is 0 Å². The van der Waals surface area contributed by atoms with Gasteiger partial charge in [0.15, 0.2) is 0 Å². The highest BCUT2D eigenvalue weighted by atomic mass is 16.6. The molecular weight excluding hydrogens is 288 g/mol. The number of hydrogen-bond acceptors (Lipinski definition) is 3. The zero-order chi connectivity index (χ0) is 16.7. The van der Waals surface area contributed by atoms with Crippen LogP contribution in [-0.4, -0.2) is 24.8 Å². The molecule has 2 saturated carbocycles. The van der Waals surface area contributed by atoms with E-state index in [0.29, 0.717) is 16.9 Å². The van der Waals surface area contributed by atoms with Crippen LogP contribution in [-0.2, 0) is 14.3 Å². The van der Waals surface area contributed by atoms with Gasteiger partial charge in [-0.1, -0.05) is 33.3 Å². The minimum Gasteiger partial charge on any atom is -0.369 e. The van der Waals surface area contributed by atoms with Crippen molar-refractivity contribution < 1.29 is 14.3 Å². The number of rotatable bonds is 5. The molecule has 1 aliphatic heterocycles. The molecule has 3 fully saturated rings. The van der Waals surface area contributed by atoms with Crippen LogP contribution in [0.4, 0.5) is 0 Å². The lowest BCUT2D eigenvalue weighted by molar-refractivity contribution is -0.109. The van der Waals surface area contributed by atoms with Crippen molar-refractivity contribution >= 4 is 12.6 Å². The summed E-state index contributed by atoms with van der Waals surface area (Å²) in [7, 11) is 0. The predicted molar refractivity (Wildman–Crippen MR) is 90.1 cm³/mol. The molecule has 0 aromatic carbocycles.